The summed E-state index contributed by atoms with van der Waals surface area (Å²) in [4.78, 5) is 26.2. The number of halogens is 2. The van der Waals surface area contributed by atoms with E-state index in [-0.39, 0.29) is 17.5 Å². The predicted octanol–water partition coefficient (Wildman–Crippen LogP) is 2.57. The van der Waals surface area contributed by atoms with Crippen LogP contribution in [0.5, 0.6) is 0 Å². The van der Waals surface area contributed by atoms with Crippen molar-refractivity contribution >= 4 is 29.2 Å². The number of hydrogen-bond acceptors (Lipinski definition) is 5. The van der Waals surface area contributed by atoms with Crippen LogP contribution in [0.4, 0.5) is 14.5 Å². The van der Waals surface area contributed by atoms with E-state index in [1.807, 2.05) is 6.92 Å². The van der Waals surface area contributed by atoms with E-state index in [1.165, 1.54) is 11.8 Å². The highest BCUT2D eigenvalue weighted by molar-refractivity contribution is 8.02. The molecule has 0 aliphatic carbocycles. The molecule has 4 nitrogen and oxygen atoms in total. The van der Waals surface area contributed by atoms with Crippen LogP contribution in [0.3, 0.4) is 0 Å². The van der Waals surface area contributed by atoms with Gasteiger partial charge in [-0.25, -0.2) is 8.78 Å². The number of nitrogens with zero attached hydrogens (tertiary/aromatic N) is 1. The van der Waals surface area contributed by atoms with E-state index < -0.39 is 34.7 Å². The first-order chi connectivity index (χ1) is 9.95. The fourth-order valence-electron chi connectivity index (χ4n) is 2.75. The standard InChI is InChI=1S/C14H13F2NO3S/c1-3-20-14(19)11-12(18)7-4-8(15)9(16)5-10(7)17-6(2)21-13(11)17/h4-6,11,13H,3H2,1-2H3/t6-,11+,13-/m0/s1. The number of carbonyl (C=O) groups excluding carboxylic acids is 2. The lowest BCUT2D eigenvalue weighted by Gasteiger charge is -2.53. The largest absolute Gasteiger partial charge is 0.465 e. The molecule has 1 aromatic carbocycles. The maximum atomic E-state index is 13.5. The van der Waals surface area contributed by atoms with E-state index in [9.17, 15) is 18.4 Å². The minimum atomic E-state index is -1.09. The van der Waals surface area contributed by atoms with Crippen molar-refractivity contribution in [3.8, 4) is 0 Å². The number of fused-ring (bicyclic) bond motifs is 3. The van der Waals surface area contributed by atoms with Crippen molar-refractivity contribution < 1.29 is 23.1 Å². The molecule has 2 heterocycles. The Bertz CT molecular complexity index is 637. The van der Waals surface area contributed by atoms with Crippen LogP contribution in [0, 0.1) is 17.6 Å². The molecular weight excluding hydrogens is 300 g/mol. The number of carbonyl (C=O) groups is 2. The minimum absolute atomic E-state index is 0.0105. The van der Waals surface area contributed by atoms with E-state index >= 15 is 0 Å². The lowest BCUT2D eigenvalue weighted by atomic mass is 9.90. The quantitative estimate of drug-likeness (QED) is 0.620. The number of esters is 1. The topological polar surface area (TPSA) is 46.6 Å². The number of ether oxygens (including phenoxy) is 1. The lowest BCUT2D eigenvalue weighted by molar-refractivity contribution is -0.146. The summed E-state index contributed by atoms with van der Waals surface area (Å²) in [6.45, 7) is 3.70. The van der Waals surface area contributed by atoms with E-state index in [2.05, 4.69) is 0 Å². The highest BCUT2D eigenvalue weighted by Crippen LogP contribution is 2.50. The van der Waals surface area contributed by atoms with Gasteiger partial charge in [-0.05, 0) is 19.9 Å². The van der Waals surface area contributed by atoms with Crippen molar-refractivity contribution in [2.24, 2.45) is 5.92 Å². The molecule has 0 saturated carbocycles. The van der Waals surface area contributed by atoms with E-state index in [0.29, 0.717) is 5.69 Å². The number of ketones is 1. The minimum Gasteiger partial charge on any atom is -0.465 e. The molecule has 3 atom stereocenters. The third kappa shape index (κ3) is 2.02. The van der Waals surface area contributed by atoms with E-state index in [1.54, 1.807) is 11.8 Å². The predicted molar refractivity (Wildman–Crippen MR) is 74.1 cm³/mol. The van der Waals surface area contributed by atoms with Gasteiger partial charge in [-0.15, -0.1) is 11.8 Å². The van der Waals surface area contributed by atoms with Crippen molar-refractivity contribution in [1.29, 1.82) is 0 Å². The van der Waals surface area contributed by atoms with Gasteiger partial charge in [0.2, 0.25) is 0 Å². The molecule has 0 aromatic heterocycles. The van der Waals surface area contributed by atoms with Gasteiger partial charge in [0.25, 0.3) is 0 Å². The number of thioether (sulfide) groups is 1. The van der Waals surface area contributed by atoms with Gasteiger partial charge < -0.3 is 9.64 Å². The fraction of sp³-hybridized carbons (Fsp3) is 0.429. The third-order valence-electron chi connectivity index (χ3n) is 3.69. The maximum absolute atomic E-state index is 13.5. The second-order valence-electron chi connectivity index (χ2n) is 4.91. The zero-order valence-corrected chi connectivity index (χ0v) is 12.2. The van der Waals surface area contributed by atoms with Crippen LogP contribution in [0.25, 0.3) is 0 Å². The summed E-state index contributed by atoms with van der Waals surface area (Å²) >= 11 is 1.44. The molecule has 0 spiro atoms. The maximum Gasteiger partial charge on any atom is 0.319 e. The van der Waals surface area contributed by atoms with Crippen molar-refractivity contribution in [2.75, 3.05) is 11.5 Å². The van der Waals surface area contributed by atoms with Crippen LogP contribution in [-0.2, 0) is 9.53 Å². The van der Waals surface area contributed by atoms with Crippen LogP contribution < -0.4 is 4.90 Å². The second-order valence-corrected chi connectivity index (χ2v) is 6.35. The van der Waals surface area contributed by atoms with Gasteiger partial charge in [0.1, 0.15) is 5.92 Å². The van der Waals surface area contributed by atoms with Crippen molar-refractivity contribution in [3.63, 3.8) is 0 Å². The van der Waals surface area contributed by atoms with Gasteiger partial charge in [-0.3, -0.25) is 9.59 Å². The van der Waals surface area contributed by atoms with Crippen molar-refractivity contribution in [2.45, 2.75) is 24.6 Å². The Labute approximate surface area is 124 Å². The average Bonchev–Trinajstić information content (AvgIpc) is 2.41. The summed E-state index contributed by atoms with van der Waals surface area (Å²) < 4.78 is 31.8. The monoisotopic (exact) mass is 313 g/mol. The number of anilines is 1. The Hall–Kier alpha value is -1.63. The summed E-state index contributed by atoms with van der Waals surface area (Å²) in [6.07, 6.45) is 0. The molecule has 1 fully saturated rings. The second kappa shape index (κ2) is 4.98. The zero-order valence-electron chi connectivity index (χ0n) is 11.4. The molecule has 21 heavy (non-hydrogen) atoms. The first-order valence-electron chi connectivity index (χ1n) is 6.59. The highest BCUT2D eigenvalue weighted by atomic mass is 32.2. The Morgan fingerprint density at radius 1 is 1.38 bits per heavy atom. The summed E-state index contributed by atoms with van der Waals surface area (Å²) in [7, 11) is 0. The molecule has 0 amide bonds. The van der Waals surface area contributed by atoms with Gasteiger partial charge in [-0.2, -0.15) is 0 Å². The number of Topliss-reactive ketones (excluding diaryl/α,β-unsaturated/α-hetero) is 1. The molecule has 1 saturated heterocycles. The van der Waals surface area contributed by atoms with Crippen LogP contribution in [-0.4, -0.2) is 29.1 Å². The van der Waals surface area contributed by atoms with Crippen molar-refractivity contribution in [3.05, 3.63) is 29.3 Å². The summed E-state index contributed by atoms with van der Waals surface area (Å²) in [5.74, 6) is -4.22. The molecule has 3 rings (SSSR count). The van der Waals surface area contributed by atoms with Crippen LogP contribution >= 0.6 is 11.8 Å². The number of rotatable bonds is 2. The summed E-state index contributed by atoms with van der Waals surface area (Å²) in [5.41, 5.74) is 0.381. The molecule has 0 N–H and O–H groups in total. The summed E-state index contributed by atoms with van der Waals surface area (Å²) in [5, 5.41) is -0.424. The van der Waals surface area contributed by atoms with Gasteiger partial charge in [0, 0.05) is 11.6 Å². The van der Waals surface area contributed by atoms with Crippen LogP contribution in [0.15, 0.2) is 12.1 Å². The SMILES string of the molecule is CCOC(=O)[C@@H]1C(=O)c2cc(F)c(F)cc2N2[C@H](C)S[C@@H]12. The first-order valence-corrected chi connectivity index (χ1v) is 7.53. The smallest absolute Gasteiger partial charge is 0.319 e. The average molecular weight is 313 g/mol. The molecule has 2 aliphatic rings. The number of benzene rings is 1. The van der Waals surface area contributed by atoms with Gasteiger partial charge >= 0.3 is 5.97 Å². The molecule has 0 bridgehead atoms. The Balaban J connectivity index is 2.08. The van der Waals surface area contributed by atoms with Gasteiger partial charge in [-0.1, -0.05) is 0 Å². The van der Waals surface area contributed by atoms with Gasteiger partial charge in [0.15, 0.2) is 17.4 Å². The summed E-state index contributed by atoms with van der Waals surface area (Å²) in [6, 6.07) is 1.89. The zero-order chi connectivity index (χ0) is 15.3. The third-order valence-corrected chi connectivity index (χ3v) is 5.09. The van der Waals surface area contributed by atoms with Crippen LogP contribution in [0.1, 0.15) is 24.2 Å². The molecule has 1 aromatic rings. The van der Waals surface area contributed by atoms with Crippen LogP contribution in [0.2, 0.25) is 0 Å². The van der Waals surface area contributed by atoms with E-state index in [4.69, 9.17) is 4.74 Å². The Morgan fingerprint density at radius 2 is 2.05 bits per heavy atom. The molecule has 2 aliphatic heterocycles. The number of hydrogen-bond donors (Lipinski definition) is 0. The molecule has 0 unspecified atom stereocenters. The molecular formula is C14H13F2NO3S. The first kappa shape index (κ1) is 14.3. The van der Waals surface area contributed by atoms with Gasteiger partial charge in [0.05, 0.1) is 23.0 Å². The van der Waals surface area contributed by atoms with Crippen molar-refractivity contribution in [1.82, 2.24) is 0 Å². The Kier molecular flexibility index (Phi) is 3.39. The highest BCUT2D eigenvalue weighted by Gasteiger charge is 2.53. The molecule has 7 heteroatoms. The molecule has 0 radical (unpaired) electrons. The normalized spacial score (nSPS) is 26.8. The van der Waals surface area contributed by atoms with E-state index in [0.717, 1.165) is 12.1 Å². The lowest BCUT2D eigenvalue weighted by Crippen LogP contribution is -2.60. The fourth-order valence-corrected chi connectivity index (χ4v) is 4.15. The molecule has 112 valence electrons. The Morgan fingerprint density at radius 3 is 2.67 bits per heavy atom.